The number of halogens is 1. The molecule has 0 aromatic carbocycles. The first-order valence-corrected chi connectivity index (χ1v) is 6.60. The SMILES string of the molecule is O=C(O)CC1CN(C(=O)c2ncccc2Br)CCO1. The van der Waals surface area contributed by atoms with Gasteiger partial charge in [-0.2, -0.15) is 0 Å². The van der Waals surface area contributed by atoms with Crippen LogP contribution in [-0.2, 0) is 9.53 Å². The minimum absolute atomic E-state index is 0.104. The zero-order valence-electron chi connectivity index (χ0n) is 10.1. The van der Waals surface area contributed by atoms with Crippen LogP contribution in [0.25, 0.3) is 0 Å². The van der Waals surface area contributed by atoms with Crippen LogP contribution in [0, 0.1) is 0 Å². The van der Waals surface area contributed by atoms with Crippen LogP contribution in [0.3, 0.4) is 0 Å². The summed E-state index contributed by atoms with van der Waals surface area (Å²) >= 11 is 3.28. The number of ether oxygens (including phenoxy) is 1. The summed E-state index contributed by atoms with van der Waals surface area (Å²) in [6, 6.07) is 3.48. The van der Waals surface area contributed by atoms with Crippen molar-refractivity contribution in [3.63, 3.8) is 0 Å². The van der Waals surface area contributed by atoms with E-state index in [0.717, 1.165) is 0 Å². The average Bonchev–Trinajstić information content (AvgIpc) is 2.38. The fourth-order valence-corrected chi connectivity index (χ4v) is 2.34. The quantitative estimate of drug-likeness (QED) is 0.900. The number of nitrogens with zero attached hydrogens (tertiary/aromatic N) is 2. The Bertz CT molecular complexity index is 494. The van der Waals surface area contributed by atoms with Crippen molar-refractivity contribution < 1.29 is 19.4 Å². The first kappa shape index (κ1) is 14.0. The van der Waals surface area contributed by atoms with Gasteiger partial charge in [-0.3, -0.25) is 9.59 Å². The molecule has 1 N–H and O–H groups in total. The fourth-order valence-electron chi connectivity index (χ4n) is 1.91. The number of rotatable bonds is 3. The molecule has 19 heavy (non-hydrogen) atoms. The van der Waals surface area contributed by atoms with Gasteiger partial charge in [-0.05, 0) is 28.1 Å². The molecule has 1 saturated heterocycles. The summed E-state index contributed by atoms with van der Waals surface area (Å²) < 4.78 is 5.95. The molecule has 7 heteroatoms. The van der Waals surface area contributed by atoms with Gasteiger partial charge in [-0.15, -0.1) is 0 Å². The number of hydrogen-bond acceptors (Lipinski definition) is 4. The molecule has 1 atom stereocenters. The van der Waals surface area contributed by atoms with Crippen LogP contribution in [0.2, 0.25) is 0 Å². The number of carbonyl (C=O) groups is 2. The lowest BCUT2D eigenvalue weighted by molar-refractivity contribution is -0.141. The molecule has 102 valence electrons. The van der Waals surface area contributed by atoms with E-state index in [9.17, 15) is 9.59 Å². The van der Waals surface area contributed by atoms with Crippen LogP contribution in [0.1, 0.15) is 16.9 Å². The largest absolute Gasteiger partial charge is 0.481 e. The molecule has 1 aromatic heterocycles. The van der Waals surface area contributed by atoms with E-state index in [0.29, 0.717) is 23.3 Å². The van der Waals surface area contributed by atoms with Crippen LogP contribution in [0.4, 0.5) is 0 Å². The lowest BCUT2D eigenvalue weighted by Gasteiger charge is -2.32. The number of aromatic nitrogens is 1. The summed E-state index contributed by atoms with van der Waals surface area (Å²) in [5.74, 6) is -1.15. The Hall–Kier alpha value is -1.47. The van der Waals surface area contributed by atoms with E-state index in [1.54, 1.807) is 23.2 Å². The van der Waals surface area contributed by atoms with Gasteiger partial charge in [-0.1, -0.05) is 0 Å². The number of amides is 1. The first-order valence-electron chi connectivity index (χ1n) is 5.81. The number of hydrogen-bond donors (Lipinski definition) is 1. The zero-order chi connectivity index (χ0) is 13.8. The van der Waals surface area contributed by atoms with Gasteiger partial charge in [0.05, 0.1) is 19.1 Å². The molecule has 0 bridgehead atoms. The van der Waals surface area contributed by atoms with Crippen molar-refractivity contribution in [2.24, 2.45) is 0 Å². The van der Waals surface area contributed by atoms with E-state index in [-0.39, 0.29) is 18.9 Å². The number of carbonyl (C=O) groups excluding carboxylic acids is 1. The topological polar surface area (TPSA) is 79.7 Å². The van der Waals surface area contributed by atoms with Gasteiger partial charge in [-0.25, -0.2) is 4.98 Å². The highest BCUT2D eigenvalue weighted by molar-refractivity contribution is 9.10. The molecule has 6 nitrogen and oxygen atoms in total. The smallest absolute Gasteiger partial charge is 0.306 e. The van der Waals surface area contributed by atoms with Crippen LogP contribution < -0.4 is 0 Å². The van der Waals surface area contributed by atoms with Gasteiger partial charge in [0.2, 0.25) is 0 Å². The summed E-state index contributed by atoms with van der Waals surface area (Å²) in [4.78, 5) is 28.6. The molecule has 1 amide bonds. The molecule has 1 fully saturated rings. The Morgan fingerprint density at radius 2 is 2.37 bits per heavy atom. The van der Waals surface area contributed by atoms with Crippen LogP contribution in [-0.4, -0.2) is 52.7 Å². The predicted octanol–water partition coefficient (Wildman–Crippen LogP) is 1.16. The third-order valence-corrected chi connectivity index (χ3v) is 3.43. The van der Waals surface area contributed by atoms with Crippen LogP contribution >= 0.6 is 15.9 Å². The fraction of sp³-hybridized carbons (Fsp3) is 0.417. The maximum atomic E-state index is 12.3. The molecule has 0 spiro atoms. The van der Waals surface area contributed by atoms with Gasteiger partial charge in [0.15, 0.2) is 0 Å². The van der Waals surface area contributed by atoms with Gasteiger partial charge >= 0.3 is 5.97 Å². The van der Waals surface area contributed by atoms with E-state index in [4.69, 9.17) is 9.84 Å². The molecule has 2 rings (SSSR count). The van der Waals surface area contributed by atoms with E-state index < -0.39 is 12.1 Å². The number of aliphatic carboxylic acids is 1. The van der Waals surface area contributed by atoms with Gasteiger partial charge in [0, 0.05) is 23.8 Å². The minimum Gasteiger partial charge on any atom is -0.481 e. The monoisotopic (exact) mass is 328 g/mol. The van der Waals surface area contributed by atoms with Gasteiger partial charge in [0.25, 0.3) is 5.91 Å². The molecular formula is C12H13BrN2O4. The van der Waals surface area contributed by atoms with Crippen molar-refractivity contribution >= 4 is 27.8 Å². The van der Waals surface area contributed by atoms with Crippen molar-refractivity contribution in [2.75, 3.05) is 19.7 Å². The maximum Gasteiger partial charge on any atom is 0.306 e. The third kappa shape index (κ3) is 3.51. The van der Waals surface area contributed by atoms with Crippen molar-refractivity contribution in [1.29, 1.82) is 0 Å². The highest BCUT2D eigenvalue weighted by Gasteiger charge is 2.27. The summed E-state index contributed by atoms with van der Waals surface area (Å²) in [7, 11) is 0. The molecule has 0 aliphatic carbocycles. The standard InChI is InChI=1S/C12H13BrN2O4/c13-9-2-1-3-14-11(9)12(18)15-4-5-19-8(7-15)6-10(16)17/h1-3,8H,4-7H2,(H,16,17). The molecule has 1 unspecified atom stereocenters. The minimum atomic E-state index is -0.932. The summed E-state index contributed by atoms with van der Waals surface area (Å²) in [5, 5.41) is 8.75. The third-order valence-electron chi connectivity index (χ3n) is 2.79. The second kappa shape index (κ2) is 6.12. The highest BCUT2D eigenvalue weighted by atomic mass is 79.9. The Morgan fingerprint density at radius 1 is 1.58 bits per heavy atom. The zero-order valence-corrected chi connectivity index (χ0v) is 11.7. The van der Waals surface area contributed by atoms with E-state index in [2.05, 4.69) is 20.9 Å². The Morgan fingerprint density at radius 3 is 3.05 bits per heavy atom. The number of carboxylic acid groups (broad SMARTS) is 1. The first-order chi connectivity index (χ1) is 9.08. The van der Waals surface area contributed by atoms with Crippen molar-refractivity contribution in [3.05, 3.63) is 28.5 Å². The molecular weight excluding hydrogens is 316 g/mol. The maximum absolute atomic E-state index is 12.3. The number of pyridine rings is 1. The summed E-state index contributed by atoms with van der Waals surface area (Å²) in [6.07, 6.45) is 0.984. The molecule has 1 aromatic rings. The van der Waals surface area contributed by atoms with E-state index in [1.807, 2.05) is 0 Å². The second-order valence-corrected chi connectivity index (χ2v) is 5.03. The molecule has 0 radical (unpaired) electrons. The summed E-state index contributed by atoms with van der Waals surface area (Å²) in [5.41, 5.74) is 0.332. The predicted molar refractivity (Wildman–Crippen MR) is 69.8 cm³/mol. The van der Waals surface area contributed by atoms with E-state index in [1.165, 1.54) is 0 Å². The molecule has 2 heterocycles. The number of morpholine rings is 1. The van der Waals surface area contributed by atoms with E-state index >= 15 is 0 Å². The van der Waals surface area contributed by atoms with Gasteiger partial charge in [0.1, 0.15) is 5.69 Å². The molecule has 1 aliphatic rings. The molecule has 1 aliphatic heterocycles. The van der Waals surface area contributed by atoms with Crippen LogP contribution in [0.15, 0.2) is 22.8 Å². The normalized spacial score (nSPS) is 19.2. The lowest BCUT2D eigenvalue weighted by Crippen LogP contribution is -2.46. The van der Waals surface area contributed by atoms with Crippen LogP contribution in [0.5, 0.6) is 0 Å². The highest BCUT2D eigenvalue weighted by Crippen LogP contribution is 2.17. The van der Waals surface area contributed by atoms with Crippen molar-refractivity contribution in [2.45, 2.75) is 12.5 Å². The number of carboxylic acids is 1. The average molecular weight is 329 g/mol. The second-order valence-electron chi connectivity index (χ2n) is 4.18. The van der Waals surface area contributed by atoms with Gasteiger partial charge < -0.3 is 14.7 Å². The summed E-state index contributed by atoms with van der Waals surface area (Å²) in [6.45, 7) is 1.06. The van der Waals surface area contributed by atoms with Crippen molar-refractivity contribution in [1.82, 2.24) is 9.88 Å². The van der Waals surface area contributed by atoms with Crippen molar-refractivity contribution in [3.8, 4) is 0 Å². The lowest BCUT2D eigenvalue weighted by atomic mass is 10.2. The Balaban J connectivity index is 2.07. The Kier molecular flexibility index (Phi) is 4.49. The molecule has 0 saturated carbocycles. The Labute approximate surface area is 118 Å².